The zero-order chi connectivity index (χ0) is 31.4. The first-order valence-corrected chi connectivity index (χ1v) is 16.8. The average molecular weight is 674 g/mol. The molecule has 5 N–H and O–H groups in total. The van der Waals surface area contributed by atoms with E-state index < -0.39 is 32.2 Å². The predicted molar refractivity (Wildman–Crippen MR) is 171 cm³/mol. The minimum atomic E-state index is -4.39. The first-order chi connectivity index (χ1) is 20.6. The van der Waals surface area contributed by atoms with Crippen LogP contribution in [-0.4, -0.2) is 61.7 Å². The van der Waals surface area contributed by atoms with Crippen molar-refractivity contribution < 1.29 is 22.3 Å². The van der Waals surface area contributed by atoms with Crippen molar-refractivity contribution in [3.63, 3.8) is 0 Å². The Balaban J connectivity index is 1.85. The fourth-order valence-corrected chi connectivity index (χ4v) is 6.75. The number of rotatable bonds is 18. The number of nitrogens with one attached hydrogen (secondary N) is 1. The lowest BCUT2D eigenvalue weighted by Gasteiger charge is -2.23. The standard InChI is InChI=1S/C27H34Cl2N6O6S2/c28-11-14-34(15-12-29)21-5-7-22(8-6-21)41-43(39,40)24(17-19-10-16-42-27(19)35(37)38)20-4-9-25(32-18-20)33-26(36)23(31)3-1-2-13-30/h4-10,16,18,23-24H,1-3,11-15,17,30-31H2,(H,32,33,36)/t23-,24?/m0/s1. The van der Waals surface area contributed by atoms with E-state index in [0.717, 1.165) is 23.4 Å². The van der Waals surface area contributed by atoms with Gasteiger partial charge < -0.3 is 25.9 Å². The molecule has 3 aromatic rings. The van der Waals surface area contributed by atoms with Gasteiger partial charge in [-0.05, 0) is 66.7 Å². The molecular formula is C27H34Cl2N6O6S2. The first kappa shape index (κ1) is 34.5. The van der Waals surface area contributed by atoms with Gasteiger partial charge in [-0.1, -0.05) is 23.8 Å². The Bertz CT molecular complexity index is 1430. The second-order valence-electron chi connectivity index (χ2n) is 9.49. The van der Waals surface area contributed by atoms with E-state index in [4.69, 9.17) is 38.9 Å². The summed E-state index contributed by atoms with van der Waals surface area (Å²) in [5.41, 5.74) is 12.7. The number of pyridine rings is 1. The van der Waals surface area contributed by atoms with E-state index in [1.807, 2.05) is 4.90 Å². The topological polar surface area (TPSA) is 184 Å². The zero-order valence-corrected chi connectivity index (χ0v) is 26.4. The van der Waals surface area contributed by atoms with E-state index in [-0.39, 0.29) is 34.1 Å². The van der Waals surface area contributed by atoms with Crippen molar-refractivity contribution in [1.29, 1.82) is 0 Å². The molecule has 0 bridgehead atoms. The Morgan fingerprint density at radius 1 is 1.12 bits per heavy atom. The molecule has 0 fully saturated rings. The van der Waals surface area contributed by atoms with Gasteiger partial charge in [-0.2, -0.15) is 8.42 Å². The minimum absolute atomic E-state index is 0.0609. The molecule has 12 nitrogen and oxygen atoms in total. The summed E-state index contributed by atoms with van der Waals surface area (Å²) in [4.78, 5) is 29.6. The monoisotopic (exact) mass is 672 g/mol. The second-order valence-corrected chi connectivity index (χ2v) is 12.9. The number of carbonyl (C=O) groups is 1. The van der Waals surface area contributed by atoms with Gasteiger partial charge in [0.25, 0.3) is 0 Å². The van der Waals surface area contributed by atoms with E-state index in [2.05, 4.69) is 10.3 Å². The summed E-state index contributed by atoms with van der Waals surface area (Å²) < 4.78 is 32.8. The number of unbranched alkanes of at least 4 members (excludes halogenated alkanes) is 1. The van der Waals surface area contributed by atoms with Gasteiger partial charge in [-0.25, -0.2) is 4.98 Å². The maximum Gasteiger partial charge on any atom is 0.327 e. The van der Waals surface area contributed by atoms with Gasteiger partial charge in [0.15, 0.2) is 0 Å². The Morgan fingerprint density at radius 2 is 1.81 bits per heavy atom. The van der Waals surface area contributed by atoms with Crippen LogP contribution in [0.15, 0.2) is 54.0 Å². The van der Waals surface area contributed by atoms with Gasteiger partial charge in [-0.15, -0.1) is 23.2 Å². The first-order valence-electron chi connectivity index (χ1n) is 13.4. The number of nitro groups is 1. The Kier molecular flexibility index (Phi) is 13.4. The number of nitrogens with zero attached hydrogens (tertiary/aromatic N) is 3. The van der Waals surface area contributed by atoms with Crippen LogP contribution in [0, 0.1) is 10.1 Å². The summed E-state index contributed by atoms with van der Waals surface area (Å²) in [7, 11) is -4.39. The lowest BCUT2D eigenvalue weighted by atomic mass is 10.1. The fraction of sp³-hybridized carbons (Fsp3) is 0.407. The van der Waals surface area contributed by atoms with Crippen molar-refractivity contribution in [1.82, 2.24) is 4.98 Å². The normalized spacial score (nSPS) is 12.8. The van der Waals surface area contributed by atoms with Gasteiger partial charge in [0.2, 0.25) is 5.91 Å². The number of anilines is 2. The molecule has 0 radical (unpaired) electrons. The third-order valence-electron chi connectivity index (χ3n) is 6.48. The van der Waals surface area contributed by atoms with Crippen LogP contribution in [0.4, 0.5) is 16.5 Å². The quantitative estimate of drug-likeness (QED) is 0.0574. The highest BCUT2D eigenvalue weighted by molar-refractivity contribution is 7.87. The Morgan fingerprint density at radius 3 is 2.40 bits per heavy atom. The summed E-state index contributed by atoms with van der Waals surface area (Å²) in [5, 5.41) is 14.2. The maximum absolute atomic E-state index is 13.7. The molecule has 3 rings (SSSR count). The number of hydrogen-bond acceptors (Lipinski definition) is 11. The smallest absolute Gasteiger partial charge is 0.327 e. The summed E-state index contributed by atoms with van der Waals surface area (Å²) in [6, 6.07) is 10.1. The van der Waals surface area contributed by atoms with Crippen molar-refractivity contribution >= 4 is 67.1 Å². The average Bonchev–Trinajstić information content (AvgIpc) is 3.45. The van der Waals surface area contributed by atoms with Crippen molar-refractivity contribution in [2.45, 2.75) is 37.0 Å². The molecule has 0 aliphatic carbocycles. The number of nitrogens with two attached hydrogens (primary N) is 2. The predicted octanol–water partition coefficient (Wildman–Crippen LogP) is 4.42. The molecular weight excluding hydrogens is 639 g/mol. The van der Waals surface area contributed by atoms with Crippen molar-refractivity contribution in [3.8, 4) is 5.75 Å². The van der Waals surface area contributed by atoms with Crippen LogP contribution >= 0.6 is 34.5 Å². The lowest BCUT2D eigenvalue weighted by Crippen LogP contribution is -2.35. The molecule has 2 aromatic heterocycles. The molecule has 0 aliphatic rings. The molecule has 0 spiro atoms. The molecule has 234 valence electrons. The van der Waals surface area contributed by atoms with Gasteiger partial charge in [0.05, 0.1) is 11.0 Å². The largest absolute Gasteiger partial charge is 0.382 e. The highest BCUT2D eigenvalue weighted by atomic mass is 35.5. The molecule has 43 heavy (non-hydrogen) atoms. The van der Waals surface area contributed by atoms with Gasteiger partial charge in [0.1, 0.15) is 16.8 Å². The molecule has 2 atom stereocenters. The van der Waals surface area contributed by atoms with E-state index >= 15 is 0 Å². The number of alkyl halides is 2. The third kappa shape index (κ3) is 10.0. The molecule has 1 aromatic carbocycles. The number of aromatic nitrogens is 1. The number of hydrogen-bond donors (Lipinski definition) is 3. The van der Waals surface area contributed by atoms with Crippen molar-refractivity contribution in [2.24, 2.45) is 11.5 Å². The van der Waals surface area contributed by atoms with Crippen LogP contribution in [-0.2, 0) is 21.3 Å². The maximum atomic E-state index is 13.7. The van der Waals surface area contributed by atoms with E-state index in [1.54, 1.807) is 12.1 Å². The third-order valence-corrected chi connectivity index (χ3v) is 9.29. The van der Waals surface area contributed by atoms with Crippen LogP contribution in [0.1, 0.15) is 35.6 Å². The lowest BCUT2D eigenvalue weighted by molar-refractivity contribution is -0.380. The summed E-state index contributed by atoms with van der Waals surface area (Å²) in [5.74, 6) is 0.579. The number of thiophene rings is 1. The van der Waals surface area contributed by atoms with Gasteiger partial charge in [0, 0.05) is 48.7 Å². The van der Waals surface area contributed by atoms with E-state index in [1.165, 1.54) is 41.9 Å². The van der Waals surface area contributed by atoms with E-state index in [0.29, 0.717) is 44.2 Å². The van der Waals surface area contributed by atoms with Gasteiger partial charge >= 0.3 is 15.1 Å². The van der Waals surface area contributed by atoms with Crippen LogP contribution in [0.5, 0.6) is 5.75 Å². The van der Waals surface area contributed by atoms with Crippen LogP contribution < -0.4 is 25.9 Å². The Hall–Kier alpha value is -3.01. The Labute approximate surface area is 264 Å². The van der Waals surface area contributed by atoms with Crippen LogP contribution in [0.3, 0.4) is 0 Å². The molecule has 2 heterocycles. The molecule has 0 aliphatic heterocycles. The molecule has 1 unspecified atom stereocenters. The van der Waals surface area contributed by atoms with Crippen molar-refractivity contribution in [2.75, 3.05) is 41.6 Å². The molecule has 0 saturated carbocycles. The fourth-order valence-electron chi connectivity index (χ4n) is 4.24. The number of amides is 1. The van der Waals surface area contributed by atoms with E-state index in [9.17, 15) is 23.3 Å². The summed E-state index contributed by atoms with van der Waals surface area (Å²) in [6.45, 7) is 1.61. The zero-order valence-electron chi connectivity index (χ0n) is 23.2. The molecule has 16 heteroatoms. The van der Waals surface area contributed by atoms with Gasteiger partial charge in [-0.3, -0.25) is 14.9 Å². The number of benzene rings is 1. The second kappa shape index (κ2) is 16.7. The van der Waals surface area contributed by atoms with Crippen molar-refractivity contribution in [3.05, 3.63) is 75.3 Å². The minimum Gasteiger partial charge on any atom is -0.382 e. The molecule has 1 amide bonds. The highest BCUT2D eigenvalue weighted by Crippen LogP contribution is 2.35. The summed E-state index contributed by atoms with van der Waals surface area (Å²) in [6.07, 6.45) is 2.96. The SMILES string of the molecule is NCCCC[C@H](N)C(=O)Nc1ccc(C(Cc2ccsc2[N+](=O)[O-])S(=O)(=O)Oc2ccc(N(CCCl)CCCl)cc2)cn1. The van der Waals surface area contributed by atoms with Crippen LogP contribution in [0.25, 0.3) is 0 Å². The molecule has 0 saturated heterocycles. The number of carbonyl (C=O) groups excluding carboxylic acids is 1. The number of halogens is 2. The van der Waals surface area contributed by atoms with Crippen LogP contribution in [0.2, 0.25) is 0 Å². The highest BCUT2D eigenvalue weighted by Gasteiger charge is 2.33. The summed E-state index contributed by atoms with van der Waals surface area (Å²) >= 11 is 12.7.